The molecular weight excluding hydrogens is 252 g/mol. The van der Waals surface area contributed by atoms with E-state index in [2.05, 4.69) is 17.9 Å². The van der Waals surface area contributed by atoms with Crippen molar-refractivity contribution in [1.29, 1.82) is 0 Å². The first-order chi connectivity index (χ1) is 9.62. The van der Waals surface area contributed by atoms with Crippen molar-refractivity contribution in [2.24, 2.45) is 5.73 Å². The highest BCUT2D eigenvalue weighted by Gasteiger charge is 2.11. The molecule has 20 heavy (non-hydrogen) atoms. The summed E-state index contributed by atoms with van der Waals surface area (Å²) in [5.41, 5.74) is 8.28. The molecule has 1 aromatic carbocycles. The van der Waals surface area contributed by atoms with E-state index in [0.717, 1.165) is 44.2 Å². The average molecular weight is 280 g/mol. The van der Waals surface area contributed by atoms with Crippen LogP contribution >= 0.6 is 0 Å². The van der Waals surface area contributed by atoms with Crippen LogP contribution in [0.25, 0.3) is 0 Å². The summed E-state index contributed by atoms with van der Waals surface area (Å²) in [6.07, 6.45) is 0. The fourth-order valence-electron chi connectivity index (χ4n) is 2.13. The molecule has 0 saturated heterocycles. The van der Waals surface area contributed by atoms with E-state index in [0.29, 0.717) is 0 Å². The molecule has 0 bridgehead atoms. The highest BCUT2D eigenvalue weighted by Crippen LogP contribution is 2.24. The van der Waals surface area contributed by atoms with Crippen LogP contribution < -0.4 is 10.5 Å². The van der Waals surface area contributed by atoms with Gasteiger partial charge in [0.1, 0.15) is 5.75 Å². The van der Waals surface area contributed by atoms with Gasteiger partial charge in [-0.1, -0.05) is 13.0 Å². The summed E-state index contributed by atoms with van der Waals surface area (Å²) in [5, 5.41) is 0. The lowest BCUT2D eigenvalue weighted by Crippen LogP contribution is -2.27. The second-order valence-corrected chi connectivity index (χ2v) is 4.93. The van der Waals surface area contributed by atoms with E-state index in [1.807, 2.05) is 26.0 Å². The quantitative estimate of drug-likeness (QED) is 0.706. The summed E-state index contributed by atoms with van der Waals surface area (Å²) < 4.78 is 10.9. The Labute approximate surface area is 122 Å². The molecular formula is C16H28N2O2. The minimum atomic E-state index is 0.0400. The van der Waals surface area contributed by atoms with Crippen molar-refractivity contribution >= 4 is 0 Å². The van der Waals surface area contributed by atoms with Gasteiger partial charge in [0.15, 0.2) is 0 Å². The number of hydrogen-bond acceptors (Lipinski definition) is 4. The van der Waals surface area contributed by atoms with E-state index < -0.39 is 0 Å². The summed E-state index contributed by atoms with van der Waals surface area (Å²) in [6.45, 7) is 10.5. The zero-order valence-corrected chi connectivity index (χ0v) is 13.2. The monoisotopic (exact) mass is 280 g/mol. The van der Waals surface area contributed by atoms with Gasteiger partial charge < -0.3 is 15.2 Å². The van der Waals surface area contributed by atoms with Crippen LogP contribution in [0.1, 0.15) is 37.9 Å². The highest BCUT2D eigenvalue weighted by molar-refractivity contribution is 5.38. The van der Waals surface area contributed by atoms with E-state index in [1.165, 1.54) is 5.56 Å². The second-order valence-electron chi connectivity index (χ2n) is 4.93. The molecule has 1 atom stereocenters. The Morgan fingerprint density at radius 3 is 2.60 bits per heavy atom. The Bertz CT molecular complexity index is 394. The number of ether oxygens (including phenoxy) is 2. The lowest BCUT2D eigenvalue weighted by Gasteiger charge is -2.22. The van der Waals surface area contributed by atoms with Crippen LogP contribution in [0.2, 0.25) is 0 Å². The van der Waals surface area contributed by atoms with Crippen molar-refractivity contribution in [3.8, 4) is 5.75 Å². The van der Waals surface area contributed by atoms with E-state index in [1.54, 1.807) is 7.11 Å². The van der Waals surface area contributed by atoms with Crippen LogP contribution in [-0.4, -0.2) is 38.3 Å². The van der Waals surface area contributed by atoms with Crippen molar-refractivity contribution in [2.75, 3.05) is 33.4 Å². The fourth-order valence-corrected chi connectivity index (χ4v) is 2.13. The third kappa shape index (κ3) is 5.12. The van der Waals surface area contributed by atoms with Crippen molar-refractivity contribution in [2.45, 2.75) is 33.4 Å². The number of benzene rings is 1. The fraction of sp³-hybridized carbons (Fsp3) is 0.625. The van der Waals surface area contributed by atoms with Crippen LogP contribution in [0.15, 0.2) is 18.2 Å². The molecule has 0 fully saturated rings. The van der Waals surface area contributed by atoms with Crippen LogP contribution in [0.3, 0.4) is 0 Å². The summed E-state index contributed by atoms with van der Waals surface area (Å²) in [4.78, 5) is 2.35. The minimum absolute atomic E-state index is 0.0400. The lowest BCUT2D eigenvalue weighted by atomic mass is 10.0. The standard InChI is InChI=1S/C16H28N2O2/c1-5-18(9-10-20-6-2)12-15-11-14(13(3)17)7-8-16(15)19-4/h7-8,11,13H,5-6,9-10,12,17H2,1-4H3. The van der Waals surface area contributed by atoms with E-state index in [-0.39, 0.29) is 6.04 Å². The number of likely N-dealkylation sites (N-methyl/N-ethyl adjacent to an activating group) is 1. The predicted molar refractivity (Wildman–Crippen MR) is 83.0 cm³/mol. The van der Waals surface area contributed by atoms with Crippen LogP contribution in [0.4, 0.5) is 0 Å². The van der Waals surface area contributed by atoms with E-state index in [9.17, 15) is 0 Å². The van der Waals surface area contributed by atoms with E-state index in [4.69, 9.17) is 15.2 Å². The molecule has 0 saturated carbocycles. The van der Waals surface area contributed by atoms with Gasteiger partial charge in [0.25, 0.3) is 0 Å². The largest absolute Gasteiger partial charge is 0.496 e. The zero-order valence-electron chi connectivity index (χ0n) is 13.2. The maximum absolute atomic E-state index is 5.96. The molecule has 4 nitrogen and oxygen atoms in total. The molecule has 0 aliphatic rings. The highest BCUT2D eigenvalue weighted by atomic mass is 16.5. The van der Waals surface area contributed by atoms with Gasteiger partial charge >= 0.3 is 0 Å². The molecule has 1 unspecified atom stereocenters. The number of methoxy groups -OCH3 is 1. The average Bonchev–Trinajstić information content (AvgIpc) is 2.46. The van der Waals surface area contributed by atoms with Gasteiger partial charge in [-0.3, -0.25) is 4.90 Å². The number of nitrogens with two attached hydrogens (primary N) is 1. The van der Waals surface area contributed by atoms with Crippen molar-refractivity contribution in [1.82, 2.24) is 4.90 Å². The summed E-state index contributed by atoms with van der Waals surface area (Å²) in [6, 6.07) is 6.22. The van der Waals surface area contributed by atoms with Gasteiger partial charge in [-0.05, 0) is 38.1 Å². The topological polar surface area (TPSA) is 47.7 Å². The first-order valence-corrected chi connectivity index (χ1v) is 7.34. The third-order valence-corrected chi connectivity index (χ3v) is 3.43. The van der Waals surface area contributed by atoms with Crippen LogP contribution in [0.5, 0.6) is 5.75 Å². The summed E-state index contributed by atoms with van der Waals surface area (Å²) >= 11 is 0. The molecule has 2 N–H and O–H groups in total. The van der Waals surface area contributed by atoms with Crippen molar-refractivity contribution in [3.63, 3.8) is 0 Å². The first kappa shape index (κ1) is 17.0. The van der Waals surface area contributed by atoms with Gasteiger partial charge in [0.05, 0.1) is 13.7 Å². The normalized spacial score (nSPS) is 12.7. The van der Waals surface area contributed by atoms with Crippen molar-refractivity contribution < 1.29 is 9.47 Å². The number of rotatable bonds is 9. The first-order valence-electron chi connectivity index (χ1n) is 7.34. The second kappa shape index (κ2) is 8.95. The van der Waals surface area contributed by atoms with Gasteiger partial charge in [-0.15, -0.1) is 0 Å². The Kier molecular flexibility index (Phi) is 7.59. The van der Waals surface area contributed by atoms with Gasteiger partial charge in [0.2, 0.25) is 0 Å². The Hall–Kier alpha value is -1.10. The minimum Gasteiger partial charge on any atom is -0.496 e. The maximum Gasteiger partial charge on any atom is 0.123 e. The molecule has 114 valence electrons. The van der Waals surface area contributed by atoms with Gasteiger partial charge in [0, 0.05) is 31.3 Å². The molecule has 1 aromatic rings. The van der Waals surface area contributed by atoms with Crippen molar-refractivity contribution in [3.05, 3.63) is 29.3 Å². The SMILES string of the molecule is CCOCCN(CC)Cc1cc(C(C)N)ccc1OC. The smallest absolute Gasteiger partial charge is 0.123 e. The molecule has 0 radical (unpaired) electrons. The third-order valence-electron chi connectivity index (χ3n) is 3.43. The van der Waals surface area contributed by atoms with Crippen LogP contribution in [0, 0.1) is 0 Å². The molecule has 0 spiro atoms. The molecule has 0 aliphatic heterocycles. The predicted octanol–water partition coefficient (Wildman–Crippen LogP) is 2.57. The summed E-state index contributed by atoms with van der Waals surface area (Å²) in [7, 11) is 1.71. The molecule has 0 aliphatic carbocycles. The summed E-state index contributed by atoms with van der Waals surface area (Å²) in [5.74, 6) is 0.921. The van der Waals surface area contributed by atoms with E-state index >= 15 is 0 Å². The number of hydrogen-bond donors (Lipinski definition) is 1. The lowest BCUT2D eigenvalue weighted by molar-refractivity contribution is 0.112. The number of nitrogens with zero attached hydrogens (tertiary/aromatic N) is 1. The molecule has 1 rings (SSSR count). The molecule has 0 heterocycles. The Balaban J connectivity index is 2.78. The van der Waals surface area contributed by atoms with Gasteiger partial charge in [-0.2, -0.15) is 0 Å². The van der Waals surface area contributed by atoms with Gasteiger partial charge in [-0.25, -0.2) is 0 Å². The molecule has 0 aromatic heterocycles. The molecule has 0 amide bonds. The van der Waals surface area contributed by atoms with Crippen LogP contribution in [-0.2, 0) is 11.3 Å². The Morgan fingerprint density at radius 2 is 2.05 bits per heavy atom. The molecule has 4 heteroatoms. The maximum atomic E-state index is 5.96. The Morgan fingerprint density at radius 1 is 1.30 bits per heavy atom. The zero-order chi connectivity index (χ0) is 15.0.